The van der Waals surface area contributed by atoms with Crippen LogP contribution in [0.1, 0.15) is 30.4 Å². The number of hydrogen-bond donors (Lipinski definition) is 0. The van der Waals surface area contributed by atoms with Crippen LogP contribution in [0.15, 0.2) is 42.5 Å². The van der Waals surface area contributed by atoms with Crippen LogP contribution in [0.4, 0.5) is 0 Å². The molecular formula is C22H19Cl. The summed E-state index contributed by atoms with van der Waals surface area (Å²) in [6.45, 7) is 0. The van der Waals surface area contributed by atoms with Gasteiger partial charge in [0, 0.05) is 10.4 Å². The third-order valence-corrected chi connectivity index (χ3v) is 8.56. The largest absolute Gasteiger partial charge is 0.0843 e. The van der Waals surface area contributed by atoms with Crippen molar-refractivity contribution in [1.82, 2.24) is 0 Å². The molecule has 0 amide bonds. The molecule has 23 heavy (non-hydrogen) atoms. The highest BCUT2D eigenvalue weighted by Crippen LogP contribution is 2.82. The van der Waals surface area contributed by atoms with E-state index < -0.39 is 0 Å². The van der Waals surface area contributed by atoms with E-state index in [4.69, 9.17) is 11.6 Å². The molecular weight excluding hydrogens is 300 g/mol. The normalized spacial score (nSPS) is 46.1. The van der Waals surface area contributed by atoms with Crippen LogP contribution in [0.5, 0.6) is 0 Å². The number of fused-ring (bicyclic) bond motifs is 3. The van der Waals surface area contributed by atoms with Gasteiger partial charge in [0.25, 0.3) is 0 Å². The summed E-state index contributed by atoms with van der Waals surface area (Å²) in [5, 5.41) is 0.916. The van der Waals surface area contributed by atoms with Gasteiger partial charge in [-0.1, -0.05) is 41.9 Å². The maximum Gasteiger partial charge on any atom is 0.0409 e. The molecule has 114 valence electrons. The minimum absolute atomic E-state index is 0.291. The molecule has 2 aromatic rings. The Kier molecular flexibility index (Phi) is 1.87. The molecule has 2 aromatic carbocycles. The van der Waals surface area contributed by atoms with E-state index in [1.54, 1.807) is 11.1 Å². The number of benzene rings is 2. The molecule has 5 fully saturated rings. The van der Waals surface area contributed by atoms with Crippen LogP contribution in [-0.4, -0.2) is 0 Å². The first kappa shape index (κ1) is 12.1. The van der Waals surface area contributed by atoms with Crippen molar-refractivity contribution in [1.29, 1.82) is 0 Å². The van der Waals surface area contributed by atoms with Crippen molar-refractivity contribution in [3.8, 4) is 11.1 Å². The fourth-order valence-corrected chi connectivity index (χ4v) is 8.15. The molecule has 1 spiro atoms. The van der Waals surface area contributed by atoms with Gasteiger partial charge in [0.15, 0.2) is 0 Å². The lowest BCUT2D eigenvalue weighted by molar-refractivity contribution is 0.0476. The maximum absolute atomic E-state index is 6.48. The molecule has 0 aromatic heterocycles. The Labute approximate surface area is 141 Å². The number of rotatable bonds is 0. The second kappa shape index (κ2) is 3.54. The molecule has 4 bridgehead atoms. The third-order valence-electron chi connectivity index (χ3n) is 8.32. The summed E-state index contributed by atoms with van der Waals surface area (Å²) in [4.78, 5) is 0. The lowest BCUT2D eigenvalue weighted by Gasteiger charge is -2.54. The highest BCUT2D eigenvalue weighted by atomic mass is 35.5. The Hall–Kier alpha value is -1.27. The smallest absolute Gasteiger partial charge is 0.0409 e. The van der Waals surface area contributed by atoms with E-state index in [9.17, 15) is 0 Å². The summed E-state index contributed by atoms with van der Waals surface area (Å²) >= 11 is 6.48. The maximum atomic E-state index is 6.48. The summed E-state index contributed by atoms with van der Waals surface area (Å²) in [5.41, 5.74) is 6.46. The zero-order valence-electron chi connectivity index (χ0n) is 13.0. The second-order valence-corrected chi connectivity index (χ2v) is 9.13. The van der Waals surface area contributed by atoms with E-state index in [1.165, 1.54) is 30.4 Å². The van der Waals surface area contributed by atoms with E-state index in [0.29, 0.717) is 5.41 Å². The average Bonchev–Trinajstić information content (AvgIpc) is 3.10. The molecule has 7 unspecified atom stereocenters. The Morgan fingerprint density at radius 1 is 0.870 bits per heavy atom. The molecule has 8 rings (SSSR count). The van der Waals surface area contributed by atoms with Crippen molar-refractivity contribution >= 4 is 11.6 Å². The van der Waals surface area contributed by atoms with Crippen LogP contribution in [0.2, 0.25) is 5.02 Å². The van der Waals surface area contributed by atoms with E-state index in [-0.39, 0.29) is 0 Å². The van der Waals surface area contributed by atoms with Gasteiger partial charge in [0.1, 0.15) is 0 Å². The Morgan fingerprint density at radius 2 is 1.74 bits per heavy atom. The topological polar surface area (TPSA) is 0 Å². The molecule has 0 heterocycles. The van der Waals surface area contributed by atoms with E-state index in [1.807, 2.05) is 0 Å². The fraction of sp³-hybridized carbons (Fsp3) is 0.455. The summed E-state index contributed by atoms with van der Waals surface area (Å²) in [7, 11) is 0. The molecule has 0 nitrogen and oxygen atoms in total. The second-order valence-electron chi connectivity index (χ2n) is 8.69. The van der Waals surface area contributed by atoms with Gasteiger partial charge >= 0.3 is 0 Å². The van der Waals surface area contributed by atoms with E-state index in [2.05, 4.69) is 42.5 Å². The monoisotopic (exact) mass is 318 g/mol. The lowest BCUT2D eigenvalue weighted by atomic mass is 9.49. The van der Waals surface area contributed by atoms with E-state index in [0.717, 1.165) is 40.5 Å². The van der Waals surface area contributed by atoms with E-state index >= 15 is 0 Å². The molecule has 0 radical (unpaired) electrons. The molecule has 1 heteroatoms. The van der Waals surface area contributed by atoms with Gasteiger partial charge in [-0.15, -0.1) is 0 Å². The van der Waals surface area contributed by atoms with Crippen molar-refractivity contribution in [2.75, 3.05) is 0 Å². The van der Waals surface area contributed by atoms with Gasteiger partial charge in [0.2, 0.25) is 0 Å². The summed E-state index contributed by atoms with van der Waals surface area (Å²) in [6.07, 6.45) is 4.42. The number of hydrogen-bond acceptors (Lipinski definition) is 0. The van der Waals surface area contributed by atoms with Gasteiger partial charge in [0.05, 0.1) is 0 Å². The van der Waals surface area contributed by atoms with Crippen molar-refractivity contribution in [2.45, 2.75) is 24.7 Å². The average molecular weight is 319 g/mol. The van der Waals surface area contributed by atoms with Crippen molar-refractivity contribution in [3.63, 3.8) is 0 Å². The summed E-state index contributed by atoms with van der Waals surface area (Å²) in [5.74, 6) is 5.99. The van der Waals surface area contributed by atoms with Crippen LogP contribution >= 0.6 is 11.6 Å². The highest BCUT2D eigenvalue weighted by Gasteiger charge is 2.76. The predicted molar refractivity (Wildman–Crippen MR) is 92.5 cm³/mol. The Morgan fingerprint density at radius 3 is 2.65 bits per heavy atom. The van der Waals surface area contributed by atoms with Crippen LogP contribution in [0.3, 0.4) is 0 Å². The summed E-state index contributed by atoms with van der Waals surface area (Å²) < 4.78 is 0. The molecule has 6 aliphatic rings. The first-order chi connectivity index (χ1) is 11.3. The fourth-order valence-electron chi connectivity index (χ4n) is 7.98. The van der Waals surface area contributed by atoms with Crippen molar-refractivity contribution in [2.24, 2.45) is 35.5 Å². The summed E-state index contributed by atoms with van der Waals surface area (Å²) in [6, 6.07) is 15.9. The van der Waals surface area contributed by atoms with Crippen LogP contribution < -0.4 is 0 Å². The standard InChI is InChI=1S/C22H19Cl/c23-13-5-6-15-14-3-1-2-4-17(14)22(18(15)10-13)12-7-11-8-19(22)21-16(9-12)20(11)21/h1-6,10-12,16,19-21H,7-9H2. The van der Waals surface area contributed by atoms with Gasteiger partial charge in [-0.25, -0.2) is 0 Å². The first-order valence-electron chi connectivity index (χ1n) is 9.20. The van der Waals surface area contributed by atoms with Gasteiger partial charge in [-0.05, 0) is 89.2 Å². The quantitative estimate of drug-likeness (QED) is 0.599. The zero-order chi connectivity index (χ0) is 14.9. The first-order valence-corrected chi connectivity index (χ1v) is 9.58. The molecule has 0 saturated heterocycles. The van der Waals surface area contributed by atoms with Gasteiger partial charge in [-0.3, -0.25) is 0 Å². The van der Waals surface area contributed by atoms with Crippen LogP contribution in [0.25, 0.3) is 11.1 Å². The minimum atomic E-state index is 0.291. The SMILES string of the molecule is Clc1ccc2c(c1)C1(c3ccccc3-2)C2CC3CC1C1C(C2)C31. The highest BCUT2D eigenvalue weighted by molar-refractivity contribution is 6.30. The Balaban J connectivity index is 1.61. The minimum Gasteiger partial charge on any atom is -0.0843 e. The van der Waals surface area contributed by atoms with Crippen molar-refractivity contribution in [3.05, 3.63) is 58.6 Å². The molecule has 5 saturated carbocycles. The zero-order valence-corrected chi connectivity index (χ0v) is 13.8. The molecule has 0 aliphatic heterocycles. The van der Waals surface area contributed by atoms with Crippen LogP contribution in [-0.2, 0) is 5.41 Å². The predicted octanol–water partition coefficient (Wildman–Crippen LogP) is 5.53. The van der Waals surface area contributed by atoms with Gasteiger partial charge < -0.3 is 0 Å². The third kappa shape index (κ3) is 1.12. The molecule has 0 N–H and O–H groups in total. The molecule has 6 aliphatic carbocycles. The lowest BCUT2D eigenvalue weighted by Crippen LogP contribution is -2.50. The van der Waals surface area contributed by atoms with Gasteiger partial charge in [-0.2, -0.15) is 0 Å². The number of halogens is 1. The Bertz CT molecular complexity index is 883. The van der Waals surface area contributed by atoms with Crippen LogP contribution in [0, 0.1) is 35.5 Å². The molecule has 7 atom stereocenters. The van der Waals surface area contributed by atoms with Crippen molar-refractivity contribution < 1.29 is 0 Å².